The average molecular weight is 639 g/mol. The van der Waals surface area contributed by atoms with E-state index in [0.717, 1.165) is 0 Å². The minimum atomic E-state index is -5.08. The molecule has 43 heavy (non-hydrogen) atoms. The van der Waals surface area contributed by atoms with Crippen LogP contribution < -0.4 is 10.5 Å². The van der Waals surface area contributed by atoms with Gasteiger partial charge in [-0.3, -0.25) is 14.0 Å². The molecular weight excluding hydrogens is 619 g/mol. The Morgan fingerprint density at radius 3 is 2.42 bits per heavy atom. The summed E-state index contributed by atoms with van der Waals surface area (Å²) in [5.41, 5.74) is 1.69. The number of benzene rings is 1. The van der Waals surface area contributed by atoms with Crippen molar-refractivity contribution in [1.29, 1.82) is 5.26 Å². The monoisotopic (exact) mass is 638 g/mol. The highest BCUT2D eigenvalue weighted by Crippen LogP contribution is 2.27. The zero-order chi connectivity index (χ0) is 31.5. The molecule has 1 aliphatic rings. The van der Waals surface area contributed by atoms with E-state index in [0.29, 0.717) is 54.3 Å². The number of carboxylic acid groups (broad SMARTS) is 1. The molecule has 1 amide bonds. The first-order valence-corrected chi connectivity index (χ1v) is 13.1. The van der Waals surface area contributed by atoms with Gasteiger partial charge in [-0.25, -0.2) is 14.2 Å². The average Bonchev–Trinajstić information content (AvgIpc) is 3.29. The summed E-state index contributed by atoms with van der Waals surface area (Å²) in [5.74, 6) is -3.20. The molecule has 1 aromatic carbocycles. The number of nitrogens with zero attached hydrogens (tertiary/aromatic N) is 5. The van der Waals surface area contributed by atoms with E-state index < -0.39 is 23.9 Å². The van der Waals surface area contributed by atoms with Gasteiger partial charge in [-0.15, -0.1) is 0 Å². The molecule has 4 aromatic rings. The van der Waals surface area contributed by atoms with E-state index in [2.05, 4.69) is 16.0 Å². The Balaban J connectivity index is 0.000000541. The second-order valence-corrected chi connectivity index (χ2v) is 9.94. The fourth-order valence-electron chi connectivity index (χ4n) is 4.41. The molecule has 224 valence electrons. The van der Waals surface area contributed by atoms with E-state index in [9.17, 15) is 32.4 Å². The van der Waals surface area contributed by atoms with Gasteiger partial charge < -0.3 is 19.9 Å². The summed E-state index contributed by atoms with van der Waals surface area (Å²) in [6.45, 7) is 1.67. The van der Waals surface area contributed by atoms with E-state index in [1.807, 2.05) is 4.90 Å². The lowest BCUT2D eigenvalue weighted by molar-refractivity contribution is -0.192. The van der Waals surface area contributed by atoms with Crippen LogP contribution in [0.25, 0.3) is 5.52 Å². The molecule has 0 saturated carbocycles. The molecule has 1 fully saturated rings. The van der Waals surface area contributed by atoms with Crippen molar-refractivity contribution in [2.45, 2.75) is 12.6 Å². The van der Waals surface area contributed by atoms with E-state index in [1.165, 1.54) is 24.4 Å². The lowest BCUT2D eigenvalue weighted by Gasteiger charge is -2.35. The number of aliphatic carboxylic acids is 1. The van der Waals surface area contributed by atoms with Crippen molar-refractivity contribution in [3.05, 3.63) is 97.5 Å². The van der Waals surface area contributed by atoms with Crippen LogP contribution in [-0.4, -0.2) is 68.6 Å². The minimum Gasteiger partial charge on any atom is -0.475 e. The molecule has 16 heteroatoms. The summed E-state index contributed by atoms with van der Waals surface area (Å²) in [6, 6.07) is 11.4. The Bertz CT molecular complexity index is 1790. The maximum atomic E-state index is 14.7. The molecule has 0 spiro atoms. The topological polar surface area (TPSA) is 135 Å². The normalized spacial score (nSPS) is 13.3. The molecule has 0 aliphatic carbocycles. The number of alkyl halides is 3. The van der Waals surface area contributed by atoms with Crippen molar-refractivity contribution in [2.75, 3.05) is 31.1 Å². The SMILES string of the molecule is N#Cc1cccnc1N1CCN(C(=O)c2cc(Cc3c[nH]c(=O)c4cc(Cl)c(Cl)n34)ccc2F)CC1.O=C(O)C(F)(F)F. The predicted molar refractivity (Wildman–Crippen MR) is 148 cm³/mol. The van der Waals surface area contributed by atoms with Gasteiger partial charge in [0.15, 0.2) is 0 Å². The fourth-order valence-corrected chi connectivity index (χ4v) is 4.85. The number of carboxylic acids is 1. The van der Waals surface area contributed by atoms with Crippen molar-refractivity contribution < 1.29 is 32.3 Å². The first-order chi connectivity index (χ1) is 20.3. The largest absolute Gasteiger partial charge is 0.490 e. The second kappa shape index (κ2) is 12.7. The van der Waals surface area contributed by atoms with Crippen LogP contribution in [0.3, 0.4) is 0 Å². The Labute approximate surface area is 250 Å². The van der Waals surface area contributed by atoms with E-state index in [4.69, 9.17) is 33.1 Å². The molecule has 3 aromatic heterocycles. The maximum Gasteiger partial charge on any atom is 0.490 e. The Morgan fingerprint density at radius 2 is 1.79 bits per heavy atom. The molecule has 0 unspecified atom stereocenters. The van der Waals surface area contributed by atoms with Crippen LogP contribution >= 0.6 is 23.2 Å². The molecular formula is C27H20Cl2F4N6O4. The third kappa shape index (κ3) is 6.90. The second-order valence-electron chi connectivity index (χ2n) is 9.17. The number of H-pyrrole nitrogens is 1. The Hall–Kier alpha value is -4.61. The molecule has 4 heterocycles. The summed E-state index contributed by atoms with van der Waals surface area (Å²) in [5, 5.41) is 16.9. The van der Waals surface area contributed by atoms with Crippen molar-refractivity contribution in [3.63, 3.8) is 0 Å². The smallest absolute Gasteiger partial charge is 0.475 e. The first kappa shape index (κ1) is 31.3. The zero-order valence-corrected chi connectivity index (χ0v) is 23.3. The number of fused-ring (bicyclic) bond motifs is 1. The summed E-state index contributed by atoms with van der Waals surface area (Å²) in [6.07, 6.45) is -1.66. The number of aromatic amines is 1. The van der Waals surface area contributed by atoms with Gasteiger partial charge in [0.05, 0.1) is 16.1 Å². The Kier molecular flexibility index (Phi) is 9.27. The van der Waals surface area contributed by atoms with E-state index in [1.54, 1.807) is 33.7 Å². The van der Waals surface area contributed by atoms with Crippen molar-refractivity contribution in [3.8, 4) is 6.07 Å². The summed E-state index contributed by atoms with van der Waals surface area (Å²) >= 11 is 12.4. The lowest BCUT2D eigenvalue weighted by Crippen LogP contribution is -2.49. The van der Waals surface area contributed by atoms with Crippen LogP contribution in [0.15, 0.2) is 53.6 Å². The number of nitrogens with one attached hydrogen (secondary N) is 1. The molecule has 0 bridgehead atoms. The van der Waals surface area contributed by atoms with Gasteiger partial charge in [-0.2, -0.15) is 18.4 Å². The molecule has 1 saturated heterocycles. The molecule has 0 radical (unpaired) electrons. The van der Waals surface area contributed by atoms with Gasteiger partial charge in [0, 0.05) is 50.7 Å². The standard InChI is InChI=1S/C25H19Cl2FN6O2.C2HF3O2/c26-19-12-21-24(35)31-14-17(34(21)22(19)27)10-15-3-4-20(28)18(11-15)25(36)33-8-6-32(7-9-33)23-16(13-29)2-1-5-30-23;3-2(4,5)1(6)7/h1-5,11-12,14H,6-10H2,(H,31,35);(H,6,7). The number of carbonyl (C=O) groups excluding carboxylic acids is 1. The summed E-state index contributed by atoms with van der Waals surface area (Å²) in [4.78, 5) is 44.8. The van der Waals surface area contributed by atoms with Gasteiger partial charge in [0.1, 0.15) is 28.4 Å². The van der Waals surface area contributed by atoms with Crippen LogP contribution in [0.2, 0.25) is 10.2 Å². The number of aromatic nitrogens is 3. The number of halogens is 6. The number of hydrogen-bond donors (Lipinski definition) is 2. The lowest BCUT2D eigenvalue weighted by atomic mass is 10.0. The van der Waals surface area contributed by atoms with Gasteiger partial charge in [-0.05, 0) is 35.9 Å². The number of nitriles is 1. The van der Waals surface area contributed by atoms with Gasteiger partial charge in [0.2, 0.25) is 0 Å². The first-order valence-electron chi connectivity index (χ1n) is 12.4. The third-order valence-electron chi connectivity index (χ3n) is 6.45. The van der Waals surface area contributed by atoms with Crippen LogP contribution in [0.1, 0.15) is 27.2 Å². The third-order valence-corrected chi connectivity index (χ3v) is 7.21. The highest BCUT2D eigenvalue weighted by atomic mass is 35.5. The minimum absolute atomic E-state index is 0.0335. The maximum absolute atomic E-state index is 14.7. The number of hydrogen-bond acceptors (Lipinski definition) is 6. The number of piperazine rings is 1. The molecule has 0 atom stereocenters. The highest BCUT2D eigenvalue weighted by Gasteiger charge is 2.38. The Morgan fingerprint density at radius 1 is 1.12 bits per heavy atom. The van der Waals surface area contributed by atoms with Crippen LogP contribution in [0.5, 0.6) is 0 Å². The van der Waals surface area contributed by atoms with Crippen LogP contribution in [0, 0.1) is 17.1 Å². The number of rotatable bonds is 4. The summed E-state index contributed by atoms with van der Waals surface area (Å²) < 4.78 is 48.0. The molecule has 10 nitrogen and oxygen atoms in total. The van der Waals surface area contributed by atoms with Crippen molar-refractivity contribution in [2.24, 2.45) is 0 Å². The number of amides is 1. The zero-order valence-electron chi connectivity index (χ0n) is 21.8. The number of carbonyl (C=O) groups is 2. The predicted octanol–water partition coefficient (Wildman–Crippen LogP) is 4.53. The molecule has 2 N–H and O–H groups in total. The van der Waals surface area contributed by atoms with Gasteiger partial charge in [-0.1, -0.05) is 29.3 Å². The highest BCUT2D eigenvalue weighted by molar-refractivity contribution is 6.42. The fraction of sp³-hybridized carbons (Fsp3) is 0.222. The number of pyridine rings is 1. The molecule has 1 aliphatic heterocycles. The van der Waals surface area contributed by atoms with Crippen molar-refractivity contribution in [1.82, 2.24) is 19.3 Å². The van der Waals surface area contributed by atoms with Crippen LogP contribution in [0.4, 0.5) is 23.4 Å². The van der Waals surface area contributed by atoms with Gasteiger partial charge >= 0.3 is 12.1 Å². The van der Waals surface area contributed by atoms with Crippen molar-refractivity contribution >= 4 is 46.4 Å². The van der Waals surface area contributed by atoms with Gasteiger partial charge in [0.25, 0.3) is 11.5 Å². The number of anilines is 1. The van der Waals surface area contributed by atoms with Crippen LogP contribution in [-0.2, 0) is 11.2 Å². The molecule has 5 rings (SSSR count). The summed E-state index contributed by atoms with van der Waals surface area (Å²) in [7, 11) is 0. The van der Waals surface area contributed by atoms with E-state index in [-0.39, 0.29) is 27.7 Å². The quantitative estimate of drug-likeness (QED) is 0.314. The van der Waals surface area contributed by atoms with E-state index >= 15 is 0 Å².